The summed E-state index contributed by atoms with van der Waals surface area (Å²) in [7, 11) is -1.35. The summed E-state index contributed by atoms with van der Waals surface area (Å²) in [5.74, 6) is -0.923. The zero-order valence-electron chi connectivity index (χ0n) is 11.0. The number of nitrogens with one attached hydrogen (secondary N) is 1. The lowest BCUT2D eigenvalue weighted by Gasteiger charge is -2.15. The largest absolute Gasteiger partial charge is 0.496 e. The molecule has 0 amide bonds. The van der Waals surface area contributed by atoms with Gasteiger partial charge in [0.25, 0.3) is 0 Å². The van der Waals surface area contributed by atoms with E-state index in [2.05, 4.69) is 15.9 Å². The molecule has 20 heavy (non-hydrogen) atoms. The smallest absolute Gasteiger partial charge is 0.321 e. The van der Waals surface area contributed by atoms with Crippen LogP contribution in [-0.2, 0) is 14.8 Å². The van der Waals surface area contributed by atoms with Gasteiger partial charge in [-0.2, -0.15) is 4.72 Å². The molecule has 0 aliphatic carbocycles. The fourth-order valence-electron chi connectivity index (χ4n) is 1.39. The zero-order valence-corrected chi connectivity index (χ0v) is 13.4. The van der Waals surface area contributed by atoms with Crippen molar-refractivity contribution in [3.05, 3.63) is 16.6 Å². The molecule has 0 aromatic heterocycles. The molecule has 0 bridgehead atoms. The molecular weight excluding hydrogens is 354 g/mol. The van der Waals surface area contributed by atoms with E-state index in [1.165, 1.54) is 33.3 Å². The third-order valence-electron chi connectivity index (χ3n) is 2.43. The second kappa shape index (κ2) is 6.42. The van der Waals surface area contributed by atoms with Crippen molar-refractivity contribution in [3.63, 3.8) is 0 Å². The van der Waals surface area contributed by atoms with Crippen molar-refractivity contribution in [1.82, 2.24) is 4.72 Å². The lowest BCUT2D eigenvalue weighted by Crippen LogP contribution is -2.38. The Kier molecular flexibility index (Phi) is 5.37. The highest BCUT2D eigenvalue weighted by Crippen LogP contribution is 2.35. The van der Waals surface area contributed by atoms with Crippen LogP contribution in [-0.4, -0.2) is 39.8 Å². The van der Waals surface area contributed by atoms with E-state index in [9.17, 15) is 13.2 Å². The van der Waals surface area contributed by atoms with Crippen LogP contribution in [0.1, 0.15) is 6.92 Å². The van der Waals surface area contributed by atoms with Gasteiger partial charge in [-0.3, -0.25) is 4.79 Å². The van der Waals surface area contributed by atoms with E-state index < -0.39 is 22.0 Å². The summed E-state index contributed by atoms with van der Waals surface area (Å²) in [5, 5.41) is 8.77. The number of halogens is 1. The maximum absolute atomic E-state index is 12.2. The minimum absolute atomic E-state index is 0.0720. The molecule has 1 unspecified atom stereocenters. The summed E-state index contributed by atoms with van der Waals surface area (Å²) in [6.45, 7) is 1.22. The number of rotatable bonds is 6. The van der Waals surface area contributed by atoms with Crippen LogP contribution in [0.5, 0.6) is 11.5 Å². The average molecular weight is 368 g/mol. The molecule has 0 fully saturated rings. The fourth-order valence-corrected chi connectivity index (χ4v) is 3.24. The van der Waals surface area contributed by atoms with E-state index in [-0.39, 0.29) is 16.4 Å². The van der Waals surface area contributed by atoms with Crippen molar-refractivity contribution in [2.75, 3.05) is 14.2 Å². The number of aliphatic carboxylic acids is 1. The van der Waals surface area contributed by atoms with Gasteiger partial charge in [0.1, 0.15) is 22.4 Å². The number of benzene rings is 1. The van der Waals surface area contributed by atoms with Crippen molar-refractivity contribution in [3.8, 4) is 11.5 Å². The molecule has 112 valence electrons. The summed E-state index contributed by atoms with van der Waals surface area (Å²) in [5.41, 5.74) is 0. The molecule has 9 heteroatoms. The lowest BCUT2D eigenvalue weighted by molar-refractivity contribution is -0.138. The van der Waals surface area contributed by atoms with Gasteiger partial charge in [-0.25, -0.2) is 8.42 Å². The number of methoxy groups -OCH3 is 2. The first-order valence-electron chi connectivity index (χ1n) is 5.39. The highest BCUT2D eigenvalue weighted by atomic mass is 79.9. The van der Waals surface area contributed by atoms with Gasteiger partial charge >= 0.3 is 5.97 Å². The lowest BCUT2D eigenvalue weighted by atomic mass is 10.3. The Morgan fingerprint density at radius 3 is 2.30 bits per heavy atom. The van der Waals surface area contributed by atoms with Crippen LogP contribution in [0.3, 0.4) is 0 Å². The highest BCUT2D eigenvalue weighted by molar-refractivity contribution is 9.10. The van der Waals surface area contributed by atoms with Gasteiger partial charge in [-0.1, -0.05) is 0 Å². The second-order valence-corrected chi connectivity index (χ2v) is 6.36. The zero-order chi connectivity index (χ0) is 15.5. The SMILES string of the molecule is COc1cc(S(=O)(=O)NC(C)C(=O)O)c(OC)cc1Br. The summed E-state index contributed by atoms with van der Waals surface area (Å²) >= 11 is 3.21. The maximum Gasteiger partial charge on any atom is 0.321 e. The molecule has 1 atom stereocenters. The first-order valence-corrected chi connectivity index (χ1v) is 7.67. The van der Waals surface area contributed by atoms with Gasteiger partial charge in [0.05, 0.1) is 18.7 Å². The molecule has 0 saturated heterocycles. The first-order chi connectivity index (χ1) is 9.22. The summed E-state index contributed by atoms with van der Waals surface area (Å²) in [6, 6.07) is 1.41. The fraction of sp³-hybridized carbons (Fsp3) is 0.364. The molecule has 0 aliphatic heterocycles. The first kappa shape index (κ1) is 16.7. The molecule has 2 N–H and O–H groups in total. The minimum Gasteiger partial charge on any atom is -0.496 e. The summed E-state index contributed by atoms with van der Waals surface area (Å²) < 4.78 is 36.9. The van der Waals surface area contributed by atoms with Crippen LogP contribution in [0.25, 0.3) is 0 Å². The number of carbonyl (C=O) groups is 1. The van der Waals surface area contributed by atoms with E-state index in [1.807, 2.05) is 4.72 Å². The van der Waals surface area contributed by atoms with E-state index >= 15 is 0 Å². The monoisotopic (exact) mass is 367 g/mol. The standard InChI is InChI=1S/C11H14BrNO6S/c1-6(11(14)15)13-20(16,17)10-5-8(18-2)7(12)4-9(10)19-3/h4-6,13H,1-3H3,(H,14,15). The Morgan fingerprint density at radius 1 is 1.30 bits per heavy atom. The van der Waals surface area contributed by atoms with Crippen molar-refractivity contribution in [2.45, 2.75) is 17.9 Å². The van der Waals surface area contributed by atoms with E-state index in [4.69, 9.17) is 14.6 Å². The third-order valence-corrected chi connectivity index (χ3v) is 4.61. The van der Waals surface area contributed by atoms with E-state index in [1.54, 1.807) is 0 Å². The normalized spacial score (nSPS) is 12.8. The Balaban J connectivity index is 3.33. The average Bonchev–Trinajstić information content (AvgIpc) is 2.37. The van der Waals surface area contributed by atoms with Crippen LogP contribution in [0.15, 0.2) is 21.5 Å². The molecule has 1 rings (SSSR count). The molecule has 0 heterocycles. The van der Waals surface area contributed by atoms with Crippen molar-refractivity contribution in [2.24, 2.45) is 0 Å². The molecular formula is C11H14BrNO6S. The number of ether oxygens (including phenoxy) is 2. The quantitative estimate of drug-likeness (QED) is 0.783. The van der Waals surface area contributed by atoms with E-state index in [0.29, 0.717) is 4.47 Å². The van der Waals surface area contributed by atoms with Crippen LogP contribution >= 0.6 is 15.9 Å². The van der Waals surface area contributed by atoms with Crippen LogP contribution in [0.2, 0.25) is 0 Å². The Morgan fingerprint density at radius 2 is 1.85 bits per heavy atom. The molecule has 7 nitrogen and oxygen atoms in total. The summed E-state index contributed by atoms with van der Waals surface area (Å²) in [4.78, 5) is 10.5. The van der Waals surface area contributed by atoms with Gasteiger partial charge < -0.3 is 14.6 Å². The number of hydrogen-bond acceptors (Lipinski definition) is 5. The number of sulfonamides is 1. The molecule has 0 radical (unpaired) electrons. The number of carboxylic acids is 1. The molecule has 1 aromatic carbocycles. The topological polar surface area (TPSA) is 102 Å². The second-order valence-electron chi connectivity index (χ2n) is 3.82. The van der Waals surface area contributed by atoms with Crippen LogP contribution < -0.4 is 14.2 Å². The molecule has 0 aliphatic rings. The van der Waals surface area contributed by atoms with Gasteiger partial charge in [0.15, 0.2) is 0 Å². The van der Waals surface area contributed by atoms with Crippen molar-refractivity contribution >= 4 is 31.9 Å². The maximum atomic E-state index is 12.2. The van der Waals surface area contributed by atoms with Crippen molar-refractivity contribution < 1.29 is 27.8 Å². The van der Waals surface area contributed by atoms with E-state index in [0.717, 1.165) is 0 Å². The third kappa shape index (κ3) is 3.62. The molecule has 0 spiro atoms. The van der Waals surface area contributed by atoms with Gasteiger partial charge in [-0.15, -0.1) is 0 Å². The van der Waals surface area contributed by atoms with Crippen molar-refractivity contribution in [1.29, 1.82) is 0 Å². The van der Waals surface area contributed by atoms with Gasteiger partial charge in [0.2, 0.25) is 10.0 Å². The van der Waals surface area contributed by atoms with Gasteiger partial charge in [-0.05, 0) is 28.9 Å². The van der Waals surface area contributed by atoms with Crippen LogP contribution in [0, 0.1) is 0 Å². The molecule has 0 saturated carbocycles. The Labute approximate surface area is 125 Å². The van der Waals surface area contributed by atoms with Crippen LogP contribution in [0.4, 0.5) is 0 Å². The predicted octanol–water partition coefficient (Wildman–Crippen LogP) is 1.22. The predicted molar refractivity (Wildman–Crippen MR) is 74.7 cm³/mol. The molecule has 1 aromatic rings. The number of carboxylic acid groups (broad SMARTS) is 1. The van der Waals surface area contributed by atoms with Gasteiger partial charge in [0, 0.05) is 6.07 Å². The Bertz CT molecular complexity index is 616. The highest BCUT2D eigenvalue weighted by Gasteiger charge is 2.26. The Hall–Kier alpha value is -1.32. The summed E-state index contributed by atoms with van der Waals surface area (Å²) in [6.07, 6.45) is 0. The minimum atomic E-state index is -4.05. The number of hydrogen-bond donors (Lipinski definition) is 2.